The largest absolute Gasteiger partial charge is 0.378 e. The lowest BCUT2D eigenvalue weighted by molar-refractivity contribution is -0.117. The van der Waals surface area contributed by atoms with Crippen LogP contribution < -0.4 is 10.2 Å². The topological polar surface area (TPSA) is 83.7 Å². The SMILES string of the molecule is O=C(CN1CCCC(c2nc(-c3cccc(F)c3)no2)C1)Nc1ccc(N2CCOCC2)cc1. The van der Waals surface area contributed by atoms with E-state index in [2.05, 4.69) is 25.3 Å². The Balaban J connectivity index is 1.15. The van der Waals surface area contributed by atoms with Gasteiger partial charge in [-0.05, 0) is 55.8 Å². The normalized spacial score (nSPS) is 19.2. The van der Waals surface area contributed by atoms with Crippen molar-refractivity contribution >= 4 is 17.3 Å². The first-order chi connectivity index (χ1) is 16.6. The molecule has 2 saturated heterocycles. The van der Waals surface area contributed by atoms with E-state index in [9.17, 15) is 9.18 Å². The number of piperidine rings is 1. The summed E-state index contributed by atoms with van der Waals surface area (Å²) in [7, 11) is 0. The van der Waals surface area contributed by atoms with Gasteiger partial charge in [0.1, 0.15) is 5.82 Å². The summed E-state index contributed by atoms with van der Waals surface area (Å²) >= 11 is 0. The summed E-state index contributed by atoms with van der Waals surface area (Å²) in [5.74, 6) is 0.567. The molecule has 3 heterocycles. The van der Waals surface area contributed by atoms with Gasteiger partial charge in [0.25, 0.3) is 0 Å². The number of carbonyl (C=O) groups is 1. The Bertz CT molecular complexity index is 1110. The van der Waals surface area contributed by atoms with Crippen LogP contribution in [0, 0.1) is 5.82 Å². The summed E-state index contributed by atoms with van der Waals surface area (Å²) < 4.78 is 24.4. The zero-order valence-corrected chi connectivity index (χ0v) is 19.0. The van der Waals surface area contributed by atoms with Crippen molar-refractivity contribution < 1.29 is 18.4 Å². The molecule has 1 atom stereocenters. The molecule has 1 aromatic heterocycles. The van der Waals surface area contributed by atoms with Gasteiger partial charge < -0.3 is 19.5 Å². The van der Waals surface area contributed by atoms with E-state index in [1.54, 1.807) is 12.1 Å². The number of hydrogen-bond donors (Lipinski definition) is 1. The predicted molar refractivity (Wildman–Crippen MR) is 126 cm³/mol. The third-order valence-electron chi connectivity index (χ3n) is 6.27. The molecule has 2 aromatic carbocycles. The summed E-state index contributed by atoms with van der Waals surface area (Å²) in [5, 5.41) is 7.02. The molecular formula is C25H28FN5O3. The Morgan fingerprint density at radius 3 is 2.74 bits per heavy atom. The Kier molecular flexibility index (Phi) is 6.82. The number of carbonyl (C=O) groups excluding carboxylic acids is 1. The fourth-order valence-electron chi connectivity index (χ4n) is 4.53. The summed E-state index contributed by atoms with van der Waals surface area (Å²) in [4.78, 5) is 21.5. The lowest BCUT2D eigenvalue weighted by Crippen LogP contribution is -2.39. The lowest BCUT2D eigenvalue weighted by atomic mass is 9.98. The van der Waals surface area contributed by atoms with Crippen molar-refractivity contribution in [3.63, 3.8) is 0 Å². The Morgan fingerprint density at radius 2 is 1.94 bits per heavy atom. The van der Waals surface area contributed by atoms with Gasteiger partial charge in [-0.25, -0.2) is 4.39 Å². The highest BCUT2D eigenvalue weighted by atomic mass is 19.1. The predicted octanol–water partition coefficient (Wildman–Crippen LogP) is 3.53. The van der Waals surface area contributed by atoms with E-state index < -0.39 is 0 Å². The highest BCUT2D eigenvalue weighted by Crippen LogP contribution is 2.28. The Morgan fingerprint density at radius 1 is 1.12 bits per heavy atom. The number of benzene rings is 2. The molecule has 2 aliphatic heterocycles. The fourth-order valence-corrected chi connectivity index (χ4v) is 4.53. The minimum absolute atomic E-state index is 0.0455. The van der Waals surface area contributed by atoms with Gasteiger partial charge in [-0.15, -0.1) is 0 Å². The number of morpholine rings is 1. The monoisotopic (exact) mass is 465 g/mol. The second-order valence-corrected chi connectivity index (χ2v) is 8.74. The van der Waals surface area contributed by atoms with Gasteiger partial charge in [0.05, 0.1) is 25.7 Å². The first-order valence-corrected chi connectivity index (χ1v) is 11.7. The minimum Gasteiger partial charge on any atom is -0.378 e. The van der Waals surface area contributed by atoms with Crippen LogP contribution in [0.1, 0.15) is 24.7 Å². The van der Waals surface area contributed by atoms with Gasteiger partial charge in [0.2, 0.25) is 17.6 Å². The number of amides is 1. The number of nitrogens with one attached hydrogen (secondary N) is 1. The number of aromatic nitrogens is 2. The third-order valence-corrected chi connectivity index (χ3v) is 6.27. The number of halogens is 1. The molecule has 0 radical (unpaired) electrons. The average molecular weight is 466 g/mol. The van der Waals surface area contributed by atoms with E-state index >= 15 is 0 Å². The molecule has 0 saturated carbocycles. The number of ether oxygens (including phenoxy) is 1. The van der Waals surface area contributed by atoms with Crippen LogP contribution in [0.5, 0.6) is 0 Å². The molecule has 2 fully saturated rings. The highest BCUT2D eigenvalue weighted by Gasteiger charge is 2.27. The van der Waals surface area contributed by atoms with Crippen LogP contribution in [0.15, 0.2) is 53.1 Å². The highest BCUT2D eigenvalue weighted by molar-refractivity contribution is 5.92. The van der Waals surface area contributed by atoms with Gasteiger partial charge in [0.15, 0.2) is 0 Å². The van der Waals surface area contributed by atoms with Crippen LogP contribution in [0.2, 0.25) is 0 Å². The van der Waals surface area contributed by atoms with Gasteiger partial charge in [0, 0.05) is 36.6 Å². The second-order valence-electron chi connectivity index (χ2n) is 8.74. The van der Waals surface area contributed by atoms with E-state index in [0.29, 0.717) is 30.4 Å². The maximum Gasteiger partial charge on any atom is 0.238 e. The van der Waals surface area contributed by atoms with Crippen LogP contribution in [0.4, 0.5) is 15.8 Å². The molecule has 5 rings (SSSR count). The standard InChI is InChI=1S/C25H28FN5O3/c26-20-5-1-3-18(15-20)24-28-25(34-29-24)19-4-2-10-30(16-19)17-23(32)27-21-6-8-22(9-7-21)31-11-13-33-14-12-31/h1,3,5-9,15,19H,2,4,10-14,16-17H2,(H,27,32). The van der Waals surface area contributed by atoms with E-state index in [4.69, 9.17) is 9.26 Å². The second kappa shape index (κ2) is 10.3. The molecule has 2 aliphatic rings. The molecule has 0 aliphatic carbocycles. The van der Waals surface area contributed by atoms with E-state index in [1.165, 1.54) is 12.1 Å². The van der Waals surface area contributed by atoms with Gasteiger partial charge in [-0.3, -0.25) is 9.69 Å². The number of anilines is 2. The smallest absolute Gasteiger partial charge is 0.238 e. The van der Waals surface area contributed by atoms with Gasteiger partial charge in [-0.1, -0.05) is 17.3 Å². The summed E-state index contributed by atoms with van der Waals surface area (Å²) in [6, 6.07) is 14.1. The van der Waals surface area contributed by atoms with Crippen molar-refractivity contribution in [3.8, 4) is 11.4 Å². The van der Waals surface area contributed by atoms with Crippen LogP contribution >= 0.6 is 0 Å². The number of nitrogens with zero attached hydrogens (tertiary/aromatic N) is 4. The van der Waals surface area contributed by atoms with Crippen molar-refractivity contribution in [2.45, 2.75) is 18.8 Å². The van der Waals surface area contributed by atoms with Crippen LogP contribution in [-0.2, 0) is 9.53 Å². The summed E-state index contributed by atoms with van der Waals surface area (Å²) in [6.07, 6.45) is 1.84. The Hall–Kier alpha value is -3.30. The van der Waals surface area contributed by atoms with Gasteiger partial charge in [-0.2, -0.15) is 4.98 Å². The minimum atomic E-state index is -0.338. The molecule has 9 heteroatoms. The first-order valence-electron chi connectivity index (χ1n) is 11.7. The number of rotatable bonds is 6. The third kappa shape index (κ3) is 5.43. The fraction of sp³-hybridized carbons (Fsp3) is 0.400. The van der Waals surface area contributed by atoms with Crippen LogP contribution in [-0.4, -0.2) is 66.9 Å². The molecule has 8 nitrogen and oxygen atoms in total. The quantitative estimate of drug-likeness (QED) is 0.596. The zero-order chi connectivity index (χ0) is 23.3. The first kappa shape index (κ1) is 22.5. The molecule has 0 bridgehead atoms. The molecule has 34 heavy (non-hydrogen) atoms. The van der Waals surface area contributed by atoms with E-state index in [1.807, 2.05) is 24.3 Å². The molecular weight excluding hydrogens is 437 g/mol. The number of hydrogen-bond acceptors (Lipinski definition) is 7. The van der Waals surface area contributed by atoms with Crippen molar-refractivity contribution in [1.29, 1.82) is 0 Å². The Labute approximate surface area is 197 Å². The lowest BCUT2D eigenvalue weighted by Gasteiger charge is -2.30. The van der Waals surface area contributed by atoms with Crippen molar-refractivity contribution in [3.05, 3.63) is 60.2 Å². The van der Waals surface area contributed by atoms with Crippen LogP contribution in [0.3, 0.4) is 0 Å². The van der Waals surface area contributed by atoms with E-state index in [-0.39, 0.29) is 17.6 Å². The van der Waals surface area contributed by atoms with E-state index in [0.717, 1.165) is 57.1 Å². The number of likely N-dealkylation sites (tertiary alicyclic amines) is 1. The van der Waals surface area contributed by atoms with Gasteiger partial charge >= 0.3 is 0 Å². The molecule has 178 valence electrons. The van der Waals surface area contributed by atoms with Crippen LogP contribution in [0.25, 0.3) is 11.4 Å². The molecule has 3 aromatic rings. The molecule has 1 amide bonds. The van der Waals surface area contributed by atoms with Crippen molar-refractivity contribution in [1.82, 2.24) is 15.0 Å². The average Bonchev–Trinajstić information content (AvgIpc) is 3.36. The maximum absolute atomic E-state index is 13.5. The zero-order valence-electron chi connectivity index (χ0n) is 19.0. The molecule has 1 N–H and O–H groups in total. The van der Waals surface area contributed by atoms with Crippen molar-refractivity contribution in [2.75, 3.05) is 56.2 Å². The summed E-state index contributed by atoms with van der Waals surface area (Å²) in [6.45, 7) is 5.04. The molecule has 1 unspecified atom stereocenters. The van der Waals surface area contributed by atoms with Crippen molar-refractivity contribution in [2.24, 2.45) is 0 Å². The summed E-state index contributed by atoms with van der Waals surface area (Å²) in [5.41, 5.74) is 2.51. The molecule has 0 spiro atoms. The maximum atomic E-state index is 13.5.